The lowest BCUT2D eigenvalue weighted by Gasteiger charge is -2.02. The van der Waals surface area contributed by atoms with Gasteiger partial charge in [-0.05, 0) is 23.8 Å². The van der Waals surface area contributed by atoms with Crippen molar-refractivity contribution in [2.45, 2.75) is 0 Å². The summed E-state index contributed by atoms with van der Waals surface area (Å²) in [6.07, 6.45) is 1.66. The molecule has 2 heterocycles. The molecule has 0 bridgehead atoms. The summed E-state index contributed by atoms with van der Waals surface area (Å²) >= 11 is 12.0. The van der Waals surface area contributed by atoms with E-state index in [9.17, 15) is 10.4 Å². The molecule has 6 nitrogen and oxygen atoms in total. The van der Waals surface area contributed by atoms with E-state index in [4.69, 9.17) is 29.8 Å². The van der Waals surface area contributed by atoms with Gasteiger partial charge in [0.2, 0.25) is 5.69 Å². The monoisotopic (exact) mass is 405 g/mol. The normalized spacial score (nSPS) is 11.5. The van der Waals surface area contributed by atoms with Gasteiger partial charge in [-0.3, -0.25) is 4.40 Å². The molecule has 0 aliphatic carbocycles. The van der Waals surface area contributed by atoms with E-state index in [2.05, 4.69) is 15.0 Å². The number of fused-ring (bicyclic) bond motifs is 1. The van der Waals surface area contributed by atoms with E-state index >= 15 is 0 Å². The largest absolute Gasteiger partial charge is 0.505 e. The molecule has 0 aliphatic heterocycles. The lowest BCUT2D eigenvalue weighted by Crippen LogP contribution is -2.10. The molecule has 134 valence electrons. The second kappa shape index (κ2) is 6.86. The van der Waals surface area contributed by atoms with Crippen LogP contribution in [0.15, 0.2) is 42.5 Å². The molecule has 4 aromatic rings. The van der Waals surface area contributed by atoms with Gasteiger partial charge in [0.05, 0.1) is 28.0 Å². The summed E-state index contributed by atoms with van der Waals surface area (Å²) < 4.78 is 1.66. The first-order valence-electron chi connectivity index (χ1n) is 7.98. The predicted molar refractivity (Wildman–Crippen MR) is 106 cm³/mol. The highest BCUT2D eigenvalue weighted by Gasteiger charge is 2.21. The number of nitriles is 1. The maximum absolute atomic E-state index is 9.78. The number of phenols is 1. The fourth-order valence-electron chi connectivity index (χ4n) is 2.96. The minimum atomic E-state index is -0.217. The molecule has 0 fully saturated rings. The fraction of sp³-hybridized carbons (Fsp3) is 0. The Bertz CT molecular complexity index is 1340. The number of aromatic hydroxyl groups is 1. The van der Waals surface area contributed by atoms with Crippen LogP contribution >= 0.6 is 23.2 Å². The molecule has 0 saturated heterocycles. The van der Waals surface area contributed by atoms with E-state index < -0.39 is 0 Å². The molecular weight excluding hydrogens is 397 g/mol. The fourth-order valence-corrected chi connectivity index (χ4v) is 3.47. The van der Waals surface area contributed by atoms with Gasteiger partial charge in [0.1, 0.15) is 5.56 Å². The van der Waals surface area contributed by atoms with Crippen molar-refractivity contribution in [2.75, 3.05) is 0 Å². The minimum absolute atomic E-state index is 0.0819. The maximum Gasteiger partial charge on any atom is 0.231 e. The van der Waals surface area contributed by atoms with Crippen LogP contribution in [0.4, 0.5) is 5.69 Å². The van der Waals surface area contributed by atoms with Gasteiger partial charge in [0, 0.05) is 5.56 Å². The van der Waals surface area contributed by atoms with E-state index in [0.29, 0.717) is 22.4 Å². The topological polar surface area (TPSA) is 78.6 Å². The smallest absolute Gasteiger partial charge is 0.231 e. The Morgan fingerprint density at radius 2 is 1.82 bits per heavy atom. The molecule has 4 rings (SSSR count). The maximum atomic E-state index is 9.78. The zero-order valence-corrected chi connectivity index (χ0v) is 15.6. The third kappa shape index (κ3) is 2.73. The summed E-state index contributed by atoms with van der Waals surface area (Å²) in [5.41, 5.74) is 1.95. The van der Waals surface area contributed by atoms with Crippen LogP contribution < -0.4 is 5.35 Å². The SMILES string of the molecule is [C-]#[N+]c1c(C#N)c2nnc(-c3ccccc3)n2c1=Cc1cc(Cl)c(O)c(Cl)c1. The first kappa shape index (κ1) is 17.8. The molecule has 8 heteroatoms. The third-order valence-corrected chi connectivity index (χ3v) is 4.78. The molecule has 2 aromatic heterocycles. The van der Waals surface area contributed by atoms with E-state index in [0.717, 1.165) is 5.56 Å². The number of nitrogens with zero attached hydrogens (tertiary/aromatic N) is 5. The van der Waals surface area contributed by atoms with Crippen molar-refractivity contribution >= 4 is 40.6 Å². The van der Waals surface area contributed by atoms with Crippen molar-refractivity contribution in [3.05, 3.63) is 80.4 Å². The summed E-state index contributed by atoms with van der Waals surface area (Å²) in [5.74, 6) is 0.287. The average molecular weight is 406 g/mol. The van der Waals surface area contributed by atoms with Gasteiger partial charge in [0.25, 0.3) is 0 Å². The van der Waals surface area contributed by atoms with Crippen molar-refractivity contribution in [3.63, 3.8) is 0 Å². The van der Waals surface area contributed by atoms with Gasteiger partial charge >= 0.3 is 0 Å². The Balaban J connectivity index is 2.12. The van der Waals surface area contributed by atoms with Crippen LogP contribution in [-0.4, -0.2) is 19.7 Å². The Hall–Kier alpha value is -3.58. The third-order valence-electron chi connectivity index (χ3n) is 4.21. The van der Waals surface area contributed by atoms with Crippen LogP contribution in [0.2, 0.25) is 10.0 Å². The molecule has 0 atom stereocenters. The summed E-state index contributed by atoms with van der Waals surface area (Å²) in [6, 6.07) is 14.4. The van der Waals surface area contributed by atoms with E-state index in [-0.39, 0.29) is 27.0 Å². The molecule has 2 aromatic carbocycles. The van der Waals surface area contributed by atoms with Crippen LogP contribution in [0.25, 0.3) is 28.0 Å². The van der Waals surface area contributed by atoms with Crippen LogP contribution in [0.3, 0.4) is 0 Å². The van der Waals surface area contributed by atoms with Crippen LogP contribution in [0.1, 0.15) is 11.1 Å². The van der Waals surface area contributed by atoms with Gasteiger partial charge in [0.15, 0.2) is 17.2 Å². The summed E-state index contributed by atoms with van der Waals surface area (Å²) in [5, 5.41) is 28.3. The zero-order valence-electron chi connectivity index (χ0n) is 14.1. The average Bonchev–Trinajstić information content (AvgIpc) is 3.25. The minimum Gasteiger partial charge on any atom is -0.505 e. The molecule has 28 heavy (non-hydrogen) atoms. The number of hydrogen-bond acceptors (Lipinski definition) is 4. The lowest BCUT2D eigenvalue weighted by molar-refractivity contribution is 0.476. The molecule has 1 N–H and O–H groups in total. The summed E-state index contributed by atoms with van der Waals surface area (Å²) in [4.78, 5) is 3.54. The van der Waals surface area contributed by atoms with Crippen molar-refractivity contribution in [1.82, 2.24) is 14.6 Å². The molecule has 0 unspecified atom stereocenters. The molecule has 0 spiro atoms. The van der Waals surface area contributed by atoms with E-state index in [1.54, 1.807) is 10.5 Å². The molecular formula is C20H9Cl2N5O. The second-order valence-electron chi connectivity index (χ2n) is 5.86. The Kier molecular flexibility index (Phi) is 4.37. The van der Waals surface area contributed by atoms with Gasteiger partial charge < -0.3 is 5.11 Å². The van der Waals surface area contributed by atoms with Crippen molar-refractivity contribution in [1.29, 1.82) is 5.26 Å². The van der Waals surface area contributed by atoms with E-state index in [1.807, 2.05) is 36.4 Å². The van der Waals surface area contributed by atoms with Crippen molar-refractivity contribution in [2.24, 2.45) is 0 Å². The first-order valence-corrected chi connectivity index (χ1v) is 8.74. The standard InChI is InChI=1S/C20H9Cl2N5O/c1-24-17-13(10-23)20-26-25-19(12-5-3-2-4-6-12)27(20)16(17)9-11-7-14(21)18(28)15(22)8-11/h2-9,28H. The highest BCUT2D eigenvalue weighted by atomic mass is 35.5. The number of benzene rings is 2. The van der Waals surface area contributed by atoms with Crippen LogP contribution in [-0.2, 0) is 0 Å². The van der Waals surface area contributed by atoms with Crippen LogP contribution in [0, 0.1) is 17.9 Å². The Morgan fingerprint density at radius 3 is 2.43 bits per heavy atom. The molecule has 0 aliphatic rings. The Morgan fingerprint density at radius 1 is 1.14 bits per heavy atom. The predicted octanol–water partition coefficient (Wildman–Crippen LogP) is 4.38. The zero-order chi connectivity index (χ0) is 19.8. The van der Waals surface area contributed by atoms with Crippen LogP contribution in [0.5, 0.6) is 5.75 Å². The van der Waals surface area contributed by atoms with Gasteiger partial charge in [-0.25, -0.2) is 4.85 Å². The van der Waals surface area contributed by atoms with Gasteiger partial charge in [-0.15, -0.1) is 10.2 Å². The highest BCUT2D eigenvalue weighted by molar-refractivity contribution is 6.37. The van der Waals surface area contributed by atoms with Gasteiger partial charge in [-0.1, -0.05) is 53.5 Å². The highest BCUT2D eigenvalue weighted by Crippen LogP contribution is 2.33. The Labute approximate surface area is 169 Å². The number of aromatic nitrogens is 3. The number of halogens is 2. The number of rotatable bonds is 2. The van der Waals surface area contributed by atoms with E-state index in [1.165, 1.54) is 12.1 Å². The van der Waals surface area contributed by atoms with Crippen molar-refractivity contribution < 1.29 is 5.11 Å². The lowest BCUT2D eigenvalue weighted by atomic mass is 10.2. The van der Waals surface area contributed by atoms with Crippen molar-refractivity contribution in [3.8, 4) is 23.2 Å². The summed E-state index contributed by atoms with van der Waals surface area (Å²) in [7, 11) is 0. The quantitative estimate of drug-likeness (QED) is 0.501. The van der Waals surface area contributed by atoms with Gasteiger partial charge in [-0.2, -0.15) is 5.26 Å². The summed E-state index contributed by atoms with van der Waals surface area (Å²) in [6.45, 7) is 7.56. The molecule has 0 radical (unpaired) electrons. The first-order chi connectivity index (χ1) is 13.5. The molecule has 0 amide bonds. The number of phenolic OH excluding ortho intramolecular Hbond substituents is 1. The molecule has 0 saturated carbocycles. The number of hydrogen-bond donors (Lipinski definition) is 1. The second-order valence-corrected chi connectivity index (χ2v) is 6.67.